The van der Waals surface area contributed by atoms with Crippen molar-refractivity contribution in [3.05, 3.63) is 29.3 Å². The number of hydrogen-bond acceptors (Lipinski definition) is 3. The first-order chi connectivity index (χ1) is 10.1. The fourth-order valence-electron chi connectivity index (χ4n) is 2.45. The molecule has 0 aromatic heterocycles. The lowest BCUT2D eigenvalue weighted by atomic mass is 9.92. The summed E-state index contributed by atoms with van der Waals surface area (Å²) in [4.78, 5) is 1.36. The largest absolute Gasteiger partial charge is 0.299 e. The highest BCUT2D eigenvalue weighted by molar-refractivity contribution is 7.99. The highest BCUT2D eigenvalue weighted by atomic mass is 32.2. The van der Waals surface area contributed by atoms with Gasteiger partial charge >= 0.3 is 0 Å². The van der Waals surface area contributed by atoms with Gasteiger partial charge in [-0.05, 0) is 63.5 Å². The average Bonchev–Trinajstić information content (AvgIpc) is 2.49. The fourth-order valence-corrected chi connectivity index (χ4v) is 3.41. The van der Waals surface area contributed by atoms with Crippen LogP contribution in [0.2, 0.25) is 0 Å². The van der Waals surface area contributed by atoms with Gasteiger partial charge in [-0.15, -0.1) is 11.8 Å². The van der Waals surface area contributed by atoms with Gasteiger partial charge in [0, 0.05) is 4.90 Å². The summed E-state index contributed by atoms with van der Waals surface area (Å²) >= 11 is 1.90. The first kappa shape index (κ1) is 18.1. The number of thioether (sulfide) groups is 1. The Labute approximate surface area is 134 Å². The second-order valence-electron chi connectivity index (χ2n) is 5.70. The molecule has 21 heavy (non-hydrogen) atoms. The van der Waals surface area contributed by atoms with Crippen LogP contribution in [0.1, 0.15) is 50.7 Å². The van der Waals surface area contributed by atoms with Gasteiger partial charge < -0.3 is 0 Å². The zero-order valence-electron chi connectivity index (χ0n) is 13.8. The molecule has 1 atom stereocenters. The van der Waals surface area contributed by atoms with Crippen molar-refractivity contribution in [3.63, 3.8) is 0 Å². The van der Waals surface area contributed by atoms with Crippen LogP contribution in [0, 0.1) is 25.2 Å². The predicted molar refractivity (Wildman–Crippen MR) is 92.8 cm³/mol. The molecule has 2 nitrogen and oxygen atoms in total. The zero-order valence-corrected chi connectivity index (χ0v) is 14.6. The molecule has 0 spiro atoms. The van der Waals surface area contributed by atoms with E-state index < -0.39 is 0 Å². The number of benzene rings is 1. The minimum atomic E-state index is -0.334. The Balaban J connectivity index is 2.46. The maximum Gasteiger partial charge on any atom is 0.106 e. The summed E-state index contributed by atoms with van der Waals surface area (Å²) in [7, 11) is 0. The molecule has 0 amide bonds. The minimum Gasteiger partial charge on any atom is -0.299 e. The van der Waals surface area contributed by atoms with Crippen molar-refractivity contribution in [1.29, 1.82) is 5.26 Å². The number of nitrogens with zero attached hydrogens (tertiary/aromatic N) is 1. The fraction of sp³-hybridized carbons (Fsp3) is 0.611. The molecule has 1 aromatic rings. The van der Waals surface area contributed by atoms with Gasteiger partial charge in [-0.1, -0.05) is 31.5 Å². The molecule has 3 heteroatoms. The molecular weight excluding hydrogens is 276 g/mol. The van der Waals surface area contributed by atoms with Gasteiger partial charge in [0.15, 0.2) is 0 Å². The molecular formula is C18H28N2S. The summed E-state index contributed by atoms with van der Waals surface area (Å²) in [5.41, 5.74) is 2.33. The summed E-state index contributed by atoms with van der Waals surface area (Å²) in [5, 5.41) is 12.9. The van der Waals surface area contributed by atoms with Crippen molar-refractivity contribution >= 4 is 11.8 Å². The van der Waals surface area contributed by atoms with Crippen molar-refractivity contribution in [3.8, 4) is 6.07 Å². The van der Waals surface area contributed by atoms with Crippen molar-refractivity contribution in [2.75, 3.05) is 12.3 Å². The van der Waals surface area contributed by atoms with E-state index >= 15 is 0 Å². The van der Waals surface area contributed by atoms with Crippen LogP contribution in [0.3, 0.4) is 0 Å². The van der Waals surface area contributed by atoms with Crippen LogP contribution in [-0.2, 0) is 0 Å². The molecule has 0 heterocycles. The standard InChI is InChI=1S/C18H28N2S/c1-5-11-20-18(6-2,14-19)10-7-12-21-17-9-8-15(3)13-16(17)4/h8-9,13,20H,5-7,10-12H2,1-4H3. The Bertz CT molecular complexity index is 479. The Morgan fingerprint density at radius 1 is 1.29 bits per heavy atom. The highest BCUT2D eigenvalue weighted by Gasteiger charge is 2.26. The summed E-state index contributed by atoms with van der Waals surface area (Å²) in [6.45, 7) is 9.46. The molecule has 0 radical (unpaired) electrons. The first-order valence-corrected chi connectivity index (χ1v) is 8.91. The van der Waals surface area contributed by atoms with Crippen molar-refractivity contribution < 1.29 is 0 Å². The van der Waals surface area contributed by atoms with Gasteiger partial charge in [0.1, 0.15) is 5.54 Å². The quantitative estimate of drug-likeness (QED) is 0.523. The van der Waals surface area contributed by atoms with Crippen LogP contribution >= 0.6 is 11.8 Å². The lowest BCUT2D eigenvalue weighted by molar-refractivity contribution is 0.371. The number of nitrogens with one attached hydrogen (secondary N) is 1. The van der Waals surface area contributed by atoms with Gasteiger partial charge in [-0.2, -0.15) is 5.26 Å². The maximum atomic E-state index is 9.47. The van der Waals surface area contributed by atoms with Gasteiger partial charge in [-0.25, -0.2) is 0 Å². The molecule has 0 aliphatic carbocycles. The molecule has 0 saturated heterocycles. The van der Waals surface area contributed by atoms with E-state index in [9.17, 15) is 5.26 Å². The maximum absolute atomic E-state index is 9.47. The molecule has 1 unspecified atom stereocenters. The van der Waals surface area contributed by atoms with E-state index in [0.29, 0.717) is 0 Å². The third kappa shape index (κ3) is 5.73. The van der Waals surface area contributed by atoms with E-state index in [4.69, 9.17) is 0 Å². The molecule has 1 rings (SSSR count). The number of rotatable bonds is 9. The molecule has 0 aliphatic heterocycles. The van der Waals surface area contributed by atoms with E-state index in [0.717, 1.165) is 38.0 Å². The number of aryl methyl sites for hydroxylation is 2. The second-order valence-corrected chi connectivity index (χ2v) is 6.83. The Hall–Kier alpha value is -0.980. The van der Waals surface area contributed by atoms with Gasteiger partial charge in [0.2, 0.25) is 0 Å². The number of hydrogen-bond donors (Lipinski definition) is 1. The average molecular weight is 305 g/mol. The third-order valence-corrected chi connectivity index (χ3v) is 5.13. The molecule has 1 aromatic carbocycles. The normalized spacial score (nSPS) is 13.7. The minimum absolute atomic E-state index is 0.334. The monoisotopic (exact) mass is 304 g/mol. The van der Waals surface area contributed by atoms with Crippen LogP contribution in [-0.4, -0.2) is 17.8 Å². The van der Waals surface area contributed by atoms with Crippen LogP contribution in [0.25, 0.3) is 0 Å². The molecule has 0 bridgehead atoms. The first-order valence-electron chi connectivity index (χ1n) is 7.93. The Morgan fingerprint density at radius 3 is 2.62 bits per heavy atom. The van der Waals surface area contributed by atoms with Gasteiger partial charge in [0.25, 0.3) is 0 Å². The van der Waals surface area contributed by atoms with Crippen molar-refractivity contribution in [2.24, 2.45) is 0 Å². The van der Waals surface area contributed by atoms with Gasteiger partial charge in [0.05, 0.1) is 6.07 Å². The summed E-state index contributed by atoms with van der Waals surface area (Å²) in [6.07, 6.45) is 3.94. The van der Waals surface area contributed by atoms with Crippen molar-refractivity contribution in [1.82, 2.24) is 5.32 Å². The van der Waals surface area contributed by atoms with E-state index in [1.807, 2.05) is 11.8 Å². The molecule has 116 valence electrons. The van der Waals surface area contributed by atoms with E-state index in [1.54, 1.807) is 0 Å². The lowest BCUT2D eigenvalue weighted by Crippen LogP contribution is -2.43. The van der Waals surface area contributed by atoms with E-state index in [2.05, 4.69) is 57.3 Å². The van der Waals surface area contributed by atoms with Gasteiger partial charge in [-0.3, -0.25) is 5.32 Å². The third-order valence-electron chi connectivity index (χ3n) is 3.87. The van der Waals surface area contributed by atoms with Crippen LogP contribution < -0.4 is 5.32 Å². The number of nitriles is 1. The Kier molecular flexibility index (Phi) is 7.85. The molecule has 0 aliphatic rings. The molecule has 1 N–H and O–H groups in total. The van der Waals surface area contributed by atoms with E-state index in [1.165, 1.54) is 16.0 Å². The second kappa shape index (κ2) is 9.12. The van der Waals surface area contributed by atoms with Crippen LogP contribution in [0.5, 0.6) is 0 Å². The SMILES string of the molecule is CCCNC(C#N)(CC)CCCSc1ccc(C)cc1C. The highest BCUT2D eigenvalue weighted by Crippen LogP contribution is 2.26. The summed E-state index contributed by atoms with van der Waals surface area (Å²) < 4.78 is 0. The summed E-state index contributed by atoms with van der Waals surface area (Å²) in [5.74, 6) is 1.07. The summed E-state index contributed by atoms with van der Waals surface area (Å²) in [6, 6.07) is 9.11. The lowest BCUT2D eigenvalue weighted by Gasteiger charge is -2.26. The van der Waals surface area contributed by atoms with Crippen molar-refractivity contribution in [2.45, 2.75) is 63.8 Å². The topological polar surface area (TPSA) is 35.8 Å². The smallest absolute Gasteiger partial charge is 0.106 e. The van der Waals surface area contributed by atoms with E-state index in [-0.39, 0.29) is 5.54 Å². The van der Waals surface area contributed by atoms with Crippen LogP contribution in [0.15, 0.2) is 23.1 Å². The Morgan fingerprint density at radius 2 is 2.05 bits per heavy atom. The predicted octanol–water partition coefficient (Wildman–Crippen LogP) is 4.85. The van der Waals surface area contributed by atoms with Crippen LogP contribution in [0.4, 0.5) is 0 Å². The zero-order chi connectivity index (χ0) is 15.7. The molecule has 0 saturated carbocycles. The molecule has 0 fully saturated rings.